The average Bonchev–Trinajstić information content (AvgIpc) is 3.57. The first-order valence-corrected chi connectivity index (χ1v) is 15.0. The maximum Gasteiger partial charge on any atom is 0.338 e. The molecule has 1 N–H and O–H groups in total. The molecule has 0 bridgehead atoms. The third kappa shape index (κ3) is 5.27. The van der Waals surface area contributed by atoms with E-state index in [1.807, 2.05) is 12.1 Å². The first-order chi connectivity index (χ1) is 21.0. The van der Waals surface area contributed by atoms with Gasteiger partial charge in [-0.2, -0.15) is 5.26 Å². The number of nitriles is 1. The van der Waals surface area contributed by atoms with Gasteiger partial charge in [-0.15, -0.1) is 11.3 Å². The SMILES string of the molecule is Cc1cc(-c2cc(Cl)ccc2OCCn2c(C)nc3cnc(C4CCC(F)(F)C4)c(C#N)c3c2=O)c2scc(C(=O)O)c2n1. The maximum atomic E-state index is 14.0. The predicted molar refractivity (Wildman–Crippen MR) is 162 cm³/mol. The fourth-order valence-electron chi connectivity index (χ4n) is 5.78. The standard InChI is InChI=1S/C31H24ClF2N5O4S/c1-15-9-20(28-27(37-15)22(14-44-28)30(41)42)19-10-18(32)3-4-24(19)43-8-7-39-16(2)38-23-13-36-26(17-5-6-31(33,34)11-17)21(12-35)25(23)29(39)40/h3-4,9-10,13-14,17H,5-8,11H2,1-2H3,(H,41,42). The van der Waals surface area contributed by atoms with Crippen LogP contribution in [0.5, 0.6) is 5.75 Å². The zero-order valence-corrected chi connectivity index (χ0v) is 25.1. The Hall–Kier alpha value is -4.47. The lowest BCUT2D eigenvalue weighted by molar-refractivity contribution is 0.00764. The molecule has 1 aliphatic carbocycles. The molecule has 44 heavy (non-hydrogen) atoms. The van der Waals surface area contributed by atoms with E-state index in [1.165, 1.54) is 22.1 Å². The second kappa shape index (κ2) is 11.2. The van der Waals surface area contributed by atoms with Crippen LogP contribution in [0.1, 0.15) is 58.3 Å². The lowest BCUT2D eigenvalue weighted by Gasteiger charge is -2.16. The van der Waals surface area contributed by atoms with Crippen molar-refractivity contribution in [3.8, 4) is 22.9 Å². The van der Waals surface area contributed by atoms with Crippen molar-refractivity contribution < 1.29 is 23.4 Å². The van der Waals surface area contributed by atoms with Gasteiger partial charge in [-0.25, -0.2) is 18.6 Å². The maximum absolute atomic E-state index is 14.0. The normalized spacial score (nSPS) is 16.0. The monoisotopic (exact) mass is 635 g/mol. The van der Waals surface area contributed by atoms with E-state index in [0.717, 1.165) is 0 Å². The van der Waals surface area contributed by atoms with Crippen molar-refractivity contribution in [1.82, 2.24) is 19.5 Å². The molecule has 1 unspecified atom stereocenters. The molecule has 0 radical (unpaired) electrons. The Bertz CT molecular complexity index is 2090. The van der Waals surface area contributed by atoms with Crippen molar-refractivity contribution in [2.24, 2.45) is 0 Å². The van der Waals surface area contributed by atoms with Crippen molar-refractivity contribution in [2.75, 3.05) is 6.61 Å². The van der Waals surface area contributed by atoms with Gasteiger partial charge < -0.3 is 9.84 Å². The number of aryl methyl sites for hydroxylation is 2. The number of ether oxygens (including phenoxy) is 1. The van der Waals surface area contributed by atoms with Crippen LogP contribution in [0.3, 0.4) is 0 Å². The van der Waals surface area contributed by atoms with Gasteiger partial charge in [0.25, 0.3) is 5.56 Å². The van der Waals surface area contributed by atoms with Crippen molar-refractivity contribution in [3.05, 3.63) is 79.6 Å². The third-order valence-electron chi connectivity index (χ3n) is 7.81. The Morgan fingerprint density at radius 3 is 2.77 bits per heavy atom. The number of hydrogen-bond donors (Lipinski definition) is 1. The Balaban J connectivity index is 1.34. The molecule has 224 valence electrons. The molecule has 0 amide bonds. The second-order valence-corrected chi connectivity index (χ2v) is 12.1. The number of aromatic nitrogens is 4. The van der Waals surface area contributed by atoms with Crippen molar-refractivity contribution >= 4 is 50.0 Å². The third-order valence-corrected chi connectivity index (χ3v) is 9.05. The number of aromatic carboxylic acids is 1. The molecule has 13 heteroatoms. The molecule has 1 atom stereocenters. The number of pyridine rings is 2. The van der Waals surface area contributed by atoms with Crippen LogP contribution in [-0.2, 0) is 6.54 Å². The van der Waals surface area contributed by atoms with E-state index in [-0.39, 0.29) is 53.7 Å². The average molecular weight is 636 g/mol. The van der Waals surface area contributed by atoms with Crippen molar-refractivity contribution in [2.45, 2.75) is 51.5 Å². The van der Waals surface area contributed by atoms with E-state index in [2.05, 4.69) is 15.0 Å². The molecule has 6 rings (SSSR count). The van der Waals surface area contributed by atoms with Crippen LogP contribution in [-0.4, -0.2) is 43.1 Å². The molecule has 1 aromatic carbocycles. The largest absolute Gasteiger partial charge is 0.491 e. The summed E-state index contributed by atoms with van der Waals surface area (Å²) in [5.41, 5.74) is 2.35. The lowest BCUT2D eigenvalue weighted by atomic mass is 9.96. The zero-order valence-electron chi connectivity index (χ0n) is 23.5. The summed E-state index contributed by atoms with van der Waals surface area (Å²) in [5, 5.41) is 21.6. The summed E-state index contributed by atoms with van der Waals surface area (Å²) in [5.74, 6) is -3.70. The molecule has 1 aliphatic rings. The molecular weight excluding hydrogens is 612 g/mol. The van der Waals surface area contributed by atoms with Gasteiger partial charge in [0.2, 0.25) is 5.92 Å². The van der Waals surface area contributed by atoms with E-state index >= 15 is 0 Å². The number of fused-ring (bicyclic) bond motifs is 2. The number of rotatable bonds is 7. The van der Waals surface area contributed by atoms with Crippen LogP contribution in [0.15, 0.2) is 40.6 Å². The topological polar surface area (TPSA) is 131 Å². The number of halogens is 3. The Morgan fingerprint density at radius 1 is 1.27 bits per heavy atom. The number of hydrogen-bond acceptors (Lipinski definition) is 8. The highest BCUT2D eigenvalue weighted by Gasteiger charge is 2.41. The van der Waals surface area contributed by atoms with E-state index in [9.17, 15) is 28.7 Å². The summed E-state index contributed by atoms with van der Waals surface area (Å²) in [6.45, 7) is 3.54. The molecule has 0 saturated heterocycles. The minimum Gasteiger partial charge on any atom is -0.491 e. The van der Waals surface area contributed by atoms with Crippen LogP contribution in [0.4, 0.5) is 8.78 Å². The minimum atomic E-state index is -2.83. The Morgan fingerprint density at radius 2 is 2.07 bits per heavy atom. The van der Waals surface area contributed by atoms with Crippen molar-refractivity contribution in [1.29, 1.82) is 5.26 Å². The number of carboxylic acids is 1. The van der Waals surface area contributed by atoms with Crippen molar-refractivity contribution in [3.63, 3.8) is 0 Å². The fraction of sp³-hybridized carbons (Fsp3) is 0.290. The van der Waals surface area contributed by atoms with E-state index < -0.39 is 29.8 Å². The number of carboxylic acid groups (broad SMARTS) is 1. The van der Waals surface area contributed by atoms with Crippen LogP contribution >= 0.6 is 22.9 Å². The summed E-state index contributed by atoms with van der Waals surface area (Å²) >= 11 is 7.61. The predicted octanol–water partition coefficient (Wildman–Crippen LogP) is 6.89. The van der Waals surface area contributed by atoms with Crippen LogP contribution < -0.4 is 10.3 Å². The number of carbonyl (C=O) groups is 1. The molecule has 1 fully saturated rings. The first-order valence-electron chi connectivity index (χ1n) is 13.7. The number of benzene rings is 1. The van der Waals surface area contributed by atoms with Gasteiger partial charge >= 0.3 is 5.97 Å². The minimum absolute atomic E-state index is 0.0221. The second-order valence-electron chi connectivity index (χ2n) is 10.7. The summed E-state index contributed by atoms with van der Waals surface area (Å²) in [6.07, 6.45) is 0.837. The molecule has 4 aromatic heterocycles. The van der Waals surface area contributed by atoms with Gasteiger partial charge in [0.1, 0.15) is 24.3 Å². The highest BCUT2D eigenvalue weighted by molar-refractivity contribution is 7.18. The van der Waals surface area contributed by atoms with Crippen LogP contribution in [0, 0.1) is 25.2 Å². The number of nitrogens with zero attached hydrogens (tertiary/aromatic N) is 5. The Labute approximate surface area is 258 Å². The van der Waals surface area contributed by atoms with Crippen LogP contribution in [0.2, 0.25) is 5.02 Å². The molecule has 9 nitrogen and oxygen atoms in total. The summed E-state index contributed by atoms with van der Waals surface area (Å²) < 4.78 is 36.1. The van der Waals surface area contributed by atoms with Gasteiger partial charge in [0.15, 0.2) is 0 Å². The molecule has 1 saturated carbocycles. The molecule has 4 heterocycles. The molecular formula is C31H24ClF2N5O4S. The lowest BCUT2D eigenvalue weighted by Crippen LogP contribution is -2.27. The first kappa shape index (κ1) is 29.6. The van der Waals surface area contributed by atoms with Crippen LogP contribution in [0.25, 0.3) is 32.2 Å². The summed E-state index contributed by atoms with van der Waals surface area (Å²) in [6, 6.07) is 8.94. The highest BCUT2D eigenvalue weighted by atomic mass is 35.5. The zero-order chi connectivity index (χ0) is 31.3. The molecule has 0 spiro atoms. The van der Waals surface area contributed by atoms with E-state index in [4.69, 9.17) is 16.3 Å². The fourth-order valence-corrected chi connectivity index (χ4v) is 6.96. The smallest absolute Gasteiger partial charge is 0.338 e. The van der Waals surface area contributed by atoms with Gasteiger partial charge in [0, 0.05) is 46.0 Å². The van der Waals surface area contributed by atoms with Gasteiger partial charge in [-0.05, 0) is 44.5 Å². The van der Waals surface area contributed by atoms with Gasteiger partial charge in [0.05, 0.1) is 50.7 Å². The van der Waals surface area contributed by atoms with E-state index in [0.29, 0.717) is 43.6 Å². The van der Waals surface area contributed by atoms with E-state index in [1.54, 1.807) is 37.4 Å². The highest BCUT2D eigenvalue weighted by Crippen LogP contribution is 2.45. The molecule has 5 aromatic rings. The summed E-state index contributed by atoms with van der Waals surface area (Å²) in [7, 11) is 0. The number of thiophene rings is 1. The quantitative estimate of drug-likeness (QED) is 0.205. The summed E-state index contributed by atoms with van der Waals surface area (Å²) in [4.78, 5) is 38.7. The van der Waals surface area contributed by atoms with Gasteiger partial charge in [-0.1, -0.05) is 11.6 Å². The Kier molecular flexibility index (Phi) is 7.55. The van der Waals surface area contributed by atoms with Gasteiger partial charge in [-0.3, -0.25) is 19.3 Å². The molecule has 0 aliphatic heterocycles. The number of alkyl halides is 2.